The molecule has 5 heteroatoms. The largest absolute Gasteiger partial charge is 0.336 e. The summed E-state index contributed by atoms with van der Waals surface area (Å²) in [5.74, 6) is 0.176. The maximum atomic E-state index is 12.6. The van der Waals surface area contributed by atoms with Gasteiger partial charge in [-0.2, -0.15) is 0 Å². The molecule has 0 N–H and O–H groups in total. The maximum Gasteiger partial charge on any atom is 0.223 e. The summed E-state index contributed by atoms with van der Waals surface area (Å²) in [4.78, 5) is 18.7. The van der Waals surface area contributed by atoms with Gasteiger partial charge in [0.15, 0.2) is 0 Å². The van der Waals surface area contributed by atoms with E-state index < -0.39 is 0 Å². The molecule has 2 aromatic rings. The third kappa shape index (κ3) is 3.85. The number of pyridine rings is 1. The lowest BCUT2D eigenvalue weighted by Crippen LogP contribution is -2.30. The van der Waals surface area contributed by atoms with Crippen LogP contribution in [0.4, 0.5) is 0 Å². The molecule has 2 heterocycles. The van der Waals surface area contributed by atoms with Crippen molar-refractivity contribution in [2.24, 2.45) is 0 Å². The predicted molar refractivity (Wildman–Crippen MR) is 92.7 cm³/mol. The number of nitrogens with zero attached hydrogens (tertiary/aromatic N) is 2. The third-order valence-electron chi connectivity index (χ3n) is 4.29. The van der Waals surface area contributed by atoms with Crippen molar-refractivity contribution in [3.8, 4) is 0 Å². The Labute approximate surface area is 146 Å². The molecule has 0 bridgehead atoms. The van der Waals surface area contributed by atoms with Crippen molar-refractivity contribution in [2.45, 2.75) is 31.7 Å². The summed E-state index contributed by atoms with van der Waals surface area (Å²) in [5.41, 5.74) is 2.12. The number of rotatable bonds is 4. The van der Waals surface area contributed by atoms with E-state index in [1.54, 1.807) is 18.5 Å². The third-order valence-corrected chi connectivity index (χ3v) is 4.87. The summed E-state index contributed by atoms with van der Waals surface area (Å²) >= 11 is 12.1. The number of aryl methyl sites for hydroxylation is 1. The Morgan fingerprint density at radius 1 is 1.22 bits per heavy atom. The van der Waals surface area contributed by atoms with Crippen LogP contribution < -0.4 is 0 Å². The van der Waals surface area contributed by atoms with Crippen LogP contribution in [0.1, 0.15) is 36.4 Å². The fourth-order valence-corrected chi connectivity index (χ4v) is 3.61. The first-order valence-corrected chi connectivity index (χ1v) is 8.54. The van der Waals surface area contributed by atoms with E-state index >= 15 is 0 Å². The second-order valence-corrected chi connectivity index (χ2v) is 6.61. The molecular formula is C18H18Cl2N2O. The average molecular weight is 349 g/mol. The summed E-state index contributed by atoms with van der Waals surface area (Å²) in [5, 5.41) is 1.24. The quantitative estimate of drug-likeness (QED) is 0.803. The number of hydrogen-bond donors (Lipinski definition) is 0. The minimum atomic E-state index is 0.172. The minimum Gasteiger partial charge on any atom is -0.336 e. The van der Waals surface area contributed by atoms with Gasteiger partial charge in [0.05, 0.1) is 6.04 Å². The standard InChI is InChI=1S/C18H18Cl2N2O/c19-15-5-3-13(16(20)12-15)4-6-18(23)22-11-1-2-17(22)14-7-9-21-10-8-14/h3,5,7-10,12,17H,1-2,4,6,11H2. The van der Waals surface area contributed by atoms with E-state index in [4.69, 9.17) is 23.2 Å². The van der Waals surface area contributed by atoms with Crippen molar-refractivity contribution in [1.29, 1.82) is 0 Å². The molecule has 0 spiro atoms. The van der Waals surface area contributed by atoms with E-state index in [-0.39, 0.29) is 11.9 Å². The lowest BCUT2D eigenvalue weighted by atomic mass is 10.1. The molecule has 1 amide bonds. The second-order valence-electron chi connectivity index (χ2n) is 5.76. The van der Waals surface area contributed by atoms with Crippen molar-refractivity contribution < 1.29 is 4.79 Å². The molecular weight excluding hydrogens is 331 g/mol. The first-order valence-electron chi connectivity index (χ1n) is 7.78. The zero-order valence-electron chi connectivity index (χ0n) is 12.7. The van der Waals surface area contributed by atoms with Crippen LogP contribution in [0.3, 0.4) is 0 Å². The number of hydrogen-bond acceptors (Lipinski definition) is 2. The summed E-state index contributed by atoms with van der Waals surface area (Å²) in [6, 6.07) is 9.58. The number of carbonyl (C=O) groups excluding carboxylic acids is 1. The van der Waals surface area contributed by atoms with Crippen molar-refractivity contribution >= 4 is 29.1 Å². The van der Waals surface area contributed by atoms with Crippen LogP contribution in [0.25, 0.3) is 0 Å². The molecule has 1 aliphatic heterocycles. The van der Waals surface area contributed by atoms with E-state index in [1.165, 1.54) is 0 Å². The molecule has 3 rings (SSSR count). The fraction of sp³-hybridized carbons (Fsp3) is 0.333. The number of carbonyl (C=O) groups is 1. The number of aromatic nitrogens is 1. The van der Waals surface area contributed by atoms with Crippen LogP contribution >= 0.6 is 23.2 Å². The van der Waals surface area contributed by atoms with E-state index in [0.717, 1.165) is 30.5 Å². The van der Waals surface area contributed by atoms with Crippen LogP contribution in [0.5, 0.6) is 0 Å². The van der Waals surface area contributed by atoms with Gasteiger partial charge >= 0.3 is 0 Å². The Balaban J connectivity index is 1.65. The van der Waals surface area contributed by atoms with Crippen molar-refractivity contribution in [1.82, 2.24) is 9.88 Å². The molecule has 1 aromatic heterocycles. The Morgan fingerprint density at radius 3 is 2.74 bits per heavy atom. The van der Waals surface area contributed by atoms with Crippen molar-refractivity contribution in [3.63, 3.8) is 0 Å². The van der Waals surface area contributed by atoms with Crippen molar-refractivity contribution in [2.75, 3.05) is 6.54 Å². The molecule has 23 heavy (non-hydrogen) atoms. The highest BCUT2D eigenvalue weighted by Gasteiger charge is 2.29. The van der Waals surface area contributed by atoms with Crippen LogP contribution in [0.2, 0.25) is 10.0 Å². The van der Waals surface area contributed by atoms with E-state index in [0.29, 0.717) is 22.9 Å². The minimum absolute atomic E-state index is 0.172. The van der Waals surface area contributed by atoms with Gasteiger partial charge in [0.2, 0.25) is 5.91 Å². The van der Waals surface area contributed by atoms with Crippen LogP contribution in [-0.2, 0) is 11.2 Å². The Hall–Kier alpha value is -1.58. The Bertz CT molecular complexity index is 691. The zero-order chi connectivity index (χ0) is 16.2. The monoisotopic (exact) mass is 348 g/mol. The molecule has 1 atom stereocenters. The van der Waals surface area contributed by atoms with E-state index in [1.807, 2.05) is 29.2 Å². The lowest BCUT2D eigenvalue weighted by molar-refractivity contribution is -0.132. The molecule has 3 nitrogen and oxygen atoms in total. The molecule has 0 aliphatic carbocycles. The van der Waals surface area contributed by atoms with Gasteiger partial charge in [-0.25, -0.2) is 0 Å². The lowest BCUT2D eigenvalue weighted by Gasteiger charge is -2.25. The topological polar surface area (TPSA) is 33.2 Å². The summed E-state index contributed by atoms with van der Waals surface area (Å²) in [6.45, 7) is 0.820. The highest BCUT2D eigenvalue weighted by molar-refractivity contribution is 6.35. The van der Waals surface area contributed by atoms with Gasteiger partial charge in [0.1, 0.15) is 0 Å². The highest BCUT2D eigenvalue weighted by Crippen LogP contribution is 2.32. The van der Waals surface area contributed by atoms with E-state index in [9.17, 15) is 4.79 Å². The van der Waals surface area contributed by atoms with Gasteiger partial charge in [0, 0.05) is 35.4 Å². The van der Waals surface area contributed by atoms with Gasteiger partial charge < -0.3 is 4.90 Å². The van der Waals surface area contributed by atoms with Gasteiger partial charge in [-0.1, -0.05) is 29.3 Å². The molecule has 1 saturated heterocycles. The summed E-state index contributed by atoms with van der Waals surface area (Å²) in [6.07, 6.45) is 6.71. The van der Waals surface area contributed by atoms with Crippen molar-refractivity contribution in [3.05, 3.63) is 63.9 Å². The number of amides is 1. The van der Waals surface area contributed by atoms with Gasteiger partial charge in [-0.15, -0.1) is 0 Å². The SMILES string of the molecule is O=C(CCc1ccc(Cl)cc1Cl)N1CCCC1c1ccncc1. The van der Waals surface area contributed by atoms with Crippen LogP contribution in [0.15, 0.2) is 42.7 Å². The second kappa shape index (κ2) is 7.33. The Kier molecular flexibility index (Phi) is 5.19. The van der Waals surface area contributed by atoms with E-state index in [2.05, 4.69) is 4.98 Å². The number of halogens is 2. The molecule has 0 saturated carbocycles. The normalized spacial score (nSPS) is 17.5. The van der Waals surface area contributed by atoms with Crippen LogP contribution in [0, 0.1) is 0 Å². The molecule has 1 aliphatic rings. The zero-order valence-corrected chi connectivity index (χ0v) is 14.2. The predicted octanol–water partition coefficient (Wildman–Crippen LogP) is 4.68. The Morgan fingerprint density at radius 2 is 2.00 bits per heavy atom. The van der Waals surface area contributed by atoms with Gasteiger partial charge in [0.25, 0.3) is 0 Å². The first-order chi connectivity index (χ1) is 11.1. The first kappa shape index (κ1) is 16.3. The van der Waals surface area contributed by atoms with Crippen LogP contribution in [-0.4, -0.2) is 22.3 Å². The average Bonchev–Trinajstić information content (AvgIpc) is 3.04. The smallest absolute Gasteiger partial charge is 0.223 e. The summed E-state index contributed by atoms with van der Waals surface area (Å²) in [7, 11) is 0. The molecule has 1 unspecified atom stereocenters. The van der Waals surface area contributed by atoms with Gasteiger partial charge in [-0.3, -0.25) is 9.78 Å². The fourth-order valence-electron chi connectivity index (χ4n) is 3.11. The molecule has 0 radical (unpaired) electrons. The molecule has 1 fully saturated rings. The molecule has 1 aromatic carbocycles. The van der Waals surface area contributed by atoms with Gasteiger partial charge in [-0.05, 0) is 54.7 Å². The highest BCUT2D eigenvalue weighted by atomic mass is 35.5. The number of likely N-dealkylation sites (tertiary alicyclic amines) is 1. The summed E-state index contributed by atoms with van der Waals surface area (Å²) < 4.78 is 0. The molecule has 120 valence electrons. The maximum absolute atomic E-state index is 12.6. The number of benzene rings is 1.